The number of hydrogen-bond donors (Lipinski definition) is 1. The summed E-state index contributed by atoms with van der Waals surface area (Å²) in [6, 6.07) is 7.93. The molecule has 1 N–H and O–H groups in total. The first-order valence-electron chi connectivity index (χ1n) is 6.52. The summed E-state index contributed by atoms with van der Waals surface area (Å²) < 4.78 is 27.7. The highest BCUT2D eigenvalue weighted by molar-refractivity contribution is 7.86. The van der Waals surface area contributed by atoms with Gasteiger partial charge in [0.25, 0.3) is 10.2 Å². The molecule has 0 fully saturated rings. The predicted molar refractivity (Wildman–Crippen MR) is 73.8 cm³/mol. The molecule has 1 aromatic rings. The highest BCUT2D eigenvalue weighted by Crippen LogP contribution is 2.22. The number of nitrogens with zero attached hydrogens (tertiary/aromatic N) is 2. The SMILES string of the molecule is CCN(CCO)S(=O)(=O)N1CCc2ccccc2C1. The van der Waals surface area contributed by atoms with E-state index in [9.17, 15) is 8.42 Å². The quantitative estimate of drug-likeness (QED) is 0.861. The summed E-state index contributed by atoms with van der Waals surface area (Å²) in [4.78, 5) is 0. The van der Waals surface area contributed by atoms with Gasteiger partial charge in [-0.25, -0.2) is 0 Å². The van der Waals surface area contributed by atoms with Gasteiger partial charge in [0.2, 0.25) is 0 Å². The molecule has 19 heavy (non-hydrogen) atoms. The zero-order valence-electron chi connectivity index (χ0n) is 11.1. The van der Waals surface area contributed by atoms with E-state index < -0.39 is 10.2 Å². The third kappa shape index (κ3) is 2.97. The van der Waals surface area contributed by atoms with Crippen LogP contribution >= 0.6 is 0 Å². The Bertz CT molecular complexity index is 530. The standard InChI is InChI=1S/C13H20N2O3S/c1-2-14(9-10-16)19(17,18)15-8-7-12-5-3-4-6-13(12)11-15/h3-6,16H,2,7-11H2,1H3. The summed E-state index contributed by atoms with van der Waals surface area (Å²) in [5.41, 5.74) is 2.29. The van der Waals surface area contributed by atoms with Crippen molar-refractivity contribution < 1.29 is 13.5 Å². The topological polar surface area (TPSA) is 60.9 Å². The van der Waals surface area contributed by atoms with E-state index in [1.165, 1.54) is 14.2 Å². The van der Waals surface area contributed by atoms with Crippen LogP contribution in [0.2, 0.25) is 0 Å². The Morgan fingerprint density at radius 3 is 2.63 bits per heavy atom. The first-order valence-corrected chi connectivity index (χ1v) is 7.92. The molecule has 1 aromatic carbocycles. The highest BCUT2D eigenvalue weighted by atomic mass is 32.2. The van der Waals surface area contributed by atoms with E-state index in [0.717, 1.165) is 12.0 Å². The maximum Gasteiger partial charge on any atom is 0.282 e. The molecule has 0 bridgehead atoms. The molecule has 0 atom stereocenters. The molecule has 1 aliphatic heterocycles. The van der Waals surface area contributed by atoms with E-state index >= 15 is 0 Å². The molecule has 1 heterocycles. The third-order valence-electron chi connectivity index (χ3n) is 3.45. The van der Waals surface area contributed by atoms with Gasteiger partial charge >= 0.3 is 0 Å². The van der Waals surface area contributed by atoms with E-state index in [2.05, 4.69) is 0 Å². The fourth-order valence-electron chi connectivity index (χ4n) is 2.38. The average molecular weight is 284 g/mol. The summed E-state index contributed by atoms with van der Waals surface area (Å²) in [7, 11) is -3.47. The highest BCUT2D eigenvalue weighted by Gasteiger charge is 2.30. The number of rotatable bonds is 5. The van der Waals surface area contributed by atoms with Crippen LogP contribution in [0.3, 0.4) is 0 Å². The van der Waals surface area contributed by atoms with E-state index in [-0.39, 0.29) is 13.2 Å². The Morgan fingerprint density at radius 1 is 1.32 bits per heavy atom. The van der Waals surface area contributed by atoms with Crippen molar-refractivity contribution in [3.05, 3.63) is 35.4 Å². The van der Waals surface area contributed by atoms with Gasteiger partial charge in [0.1, 0.15) is 0 Å². The monoisotopic (exact) mass is 284 g/mol. The van der Waals surface area contributed by atoms with Crippen molar-refractivity contribution in [2.75, 3.05) is 26.2 Å². The molecular formula is C13H20N2O3S. The molecule has 5 nitrogen and oxygen atoms in total. The molecule has 0 aromatic heterocycles. The lowest BCUT2D eigenvalue weighted by atomic mass is 10.0. The fraction of sp³-hybridized carbons (Fsp3) is 0.538. The third-order valence-corrected chi connectivity index (χ3v) is 5.51. The number of hydrogen-bond acceptors (Lipinski definition) is 3. The Kier molecular flexibility index (Phi) is 4.57. The van der Waals surface area contributed by atoms with Gasteiger partial charge in [0.15, 0.2) is 0 Å². The second-order valence-corrected chi connectivity index (χ2v) is 6.50. The minimum absolute atomic E-state index is 0.150. The maximum absolute atomic E-state index is 12.5. The number of likely N-dealkylation sites (N-methyl/N-ethyl adjacent to an activating group) is 1. The van der Waals surface area contributed by atoms with Gasteiger partial charge in [-0.15, -0.1) is 0 Å². The minimum atomic E-state index is -3.47. The van der Waals surface area contributed by atoms with Crippen molar-refractivity contribution in [2.45, 2.75) is 19.9 Å². The lowest BCUT2D eigenvalue weighted by molar-refractivity contribution is 0.245. The molecule has 0 amide bonds. The molecule has 106 valence electrons. The number of aliphatic hydroxyl groups excluding tert-OH is 1. The van der Waals surface area contributed by atoms with Gasteiger partial charge in [-0.3, -0.25) is 0 Å². The maximum atomic E-state index is 12.5. The van der Waals surface area contributed by atoms with E-state index in [0.29, 0.717) is 19.6 Å². The van der Waals surface area contributed by atoms with Crippen LogP contribution in [0.1, 0.15) is 18.1 Å². The van der Waals surface area contributed by atoms with E-state index in [1.54, 1.807) is 6.92 Å². The first-order chi connectivity index (χ1) is 9.09. The number of fused-ring (bicyclic) bond motifs is 1. The summed E-state index contributed by atoms with van der Waals surface area (Å²) in [6.07, 6.45) is 0.742. The fourth-order valence-corrected chi connectivity index (χ4v) is 3.97. The second-order valence-electron chi connectivity index (χ2n) is 4.58. The van der Waals surface area contributed by atoms with Gasteiger partial charge in [-0.1, -0.05) is 31.2 Å². The summed E-state index contributed by atoms with van der Waals surface area (Å²) in [5, 5.41) is 8.96. The smallest absolute Gasteiger partial charge is 0.282 e. The Balaban J connectivity index is 2.20. The largest absolute Gasteiger partial charge is 0.395 e. The van der Waals surface area contributed by atoms with Gasteiger partial charge in [0, 0.05) is 26.2 Å². The molecular weight excluding hydrogens is 264 g/mol. The summed E-state index contributed by atoms with van der Waals surface area (Å²) in [5.74, 6) is 0. The van der Waals surface area contributed by atoms with Crippen LogP contribution < -0.4 is 0 Å². The van der Waals surface area contributed by atoms with Crippen molar-refractivity contribution in [1.82, 2.24) is 8.61 Å². The second kappa shape index (κ2) is 6.00. The van der Waals surface area contributed by atoms with Crippen LogP contribution in [0.5, 0.6) is 0 Å². The minimum Gasteiger partial charge on any atom is -0.395 e. The molecule has 0 aliphatic carbocycles. The van der Waals surface area contributed by atoms with Crippen molar-refractivity contribution >= 4 is 10.2 Å². The molecule has 0 radical (unpaired) electrons. The van der Waals surface area contributed by atoms with Gasteiger partial charge in [-0.2, -0.15) is 17.0 Å². The van der Waals surface area contributed by atoms with Crippen LogP contribution in [0, 0.1) is 0 Å². The molecule has 6 heteroatoms. The predicted octanol–water partition coefficient (Wildman–Crippen LogP) is 0.604. The van der Waals surface area contributed by atoms with Gasteiger partial charge in [0.05, 0.1) is 6.61 Å². The number of aliphatic hydroxyl groups is 1. The lowest BCUT2D eigenvalue weighted by Crippen LogP contribution is -2.46. The summed E-state index contributed by atoms with van der Waals surface area (Å²) in [6.45, 7) is 3.07. The summed E-state index contributed by atoms with van der Waals surface area (Å²) >= 11 is 0. The van der Waals surface area contributed by atoms with Crippen LogP contribution in [0.15, 0.2) is 24.3 Å². The zero-order valence-corrected chi connectivity index (χ0v) is 11.9. The van der Waals surface area contributed by atoms with Crippen molar-refractivity contribution in [1.29, 1.82) is 0 Å². The molecule has 0 saturated carbocycles. The van der Waals surface area contributed by atoms with Gasteiger partial charge < -0.3 is 5.11 Å². The Hall–Kier alpha value is -0.950. The molecule has 1 aliphatic rings. The normalized spacial score (nSPS) is 16.6. The van der Waals surface area contributed by atoms with E-state index in [1.807, 2.05) is 24.3 Å². The van der Waals surface area contributed by atoms with E-state index in [4.69, 9.17) is 5.11 Å². The van der Waals surface area contributed by atoms with Crippen LogP contribution in [-0.2, 0) is 23.2 Å². The average Bonchev–Trinajstić information content (AvgIpc) is 2.44. The first kappa shape index (κ1) is 14.5. The Morgan fingerprint density at radius 2 is 2.00 bits per heavy atom. The molecule has 0 saturated heterocycles. The van der Waals surface area contributed by atoms with Crippen LogP contribution in [-0.4, -0.2) is 48.4 Å². The molecule has 0 spiro atoms. The van der Waals surface area contributed by atoms with Crippen LogP contribution in [0.25, 0.3) is 0 Å². The van der Waals surface area contributed by atoms with Crippen molar-refractivity contribution in [3.8, 4) is 0 Å². The molecule has 0 unspecified atom stereocenters. The zero-order chi connectivity index (χ0) is 13.9. The van der Waals surface area contributed by atoms with Crippen molar-refractivity contribution in [2.24, 2.45) is 0 Å². The van der Waals surface area contributed by atoms with Gasteiger partial charge in [-0.05, 0) is 17.5 Å². The van der Waals surface area contributed by atoms with Crippen LogP contribution in [0.4, 0.5) is 0 Å². The van der Waals surface area contributed by atoms with Crippen molar-refractivity contribution in [3.63, 3.8) is 0 Å². The lowest BCUT2D eigenvalue weighted by Gasteiger charge is -2.32. The Labute approximate surface area is 114 Å². The number of benzene rings is 1. The molecule has 2 rings (SSSR count).